The molecule has 1 heterocycles. The monoisotopic (exact) mass is 345 g/mol. The van der Waals surface area contributed by atoms with Crippen LogP contribution in [-0.4, -0.2) is 41.6 Å². The van der Waals surface area contributed by atoms with Crippen molar-refractivity contribution in [3.8, 4) is 5.75 Å². The van der Waals surface area contributed by atoms with Gasteiger partial charge in [-0.15, -0.1) is 6.58 Å². The number of ether oxygens (including phenoxy) is 2. The molecular formula is C20H27NO4. The summed E-state index contributed by atoms with van der Waals surface area (Å²) in [6.07, 6.45) is 3.26. The Morgan fingerprint density at radius 3 is 2.32 bits per heavy atom. The minimum Gasteiger partial charge on any atom is -0.490 e. The summed E-state index contributed by atoms with van der Waals surface area (Å²) in [4.78, 5) is 25.6. The van der Waals surface area contributed by atoms with Crippen LogP contribution < -0.4 is 4.74 Å². The third kappa shape index (κ3) is 5.93. The fraction of sp³-hybridized carbons (Fsp3) is 0.500. The van der Waals surface area contributed by atoms with Crippen molar-refractivity contribution in [3.63, 3.8) is 0 Å². The fourth-order valence-electron chi connectivity index (χ4n) is 2.64. The second kappa shape index (κ2) is 8.19. The van der Waals surface area contributed by atoms with E-state index in [4.69, 9.17) is 9.47 Å². The number of hydrogen-bond acceptors (Lipinski definition) is 4. The molecule has 0 aliphatic carbocycles. The third-order valence-electron chi connectivity index (χ3n) is 3.90. The van der Waals surface area contributed by atoms with Gasteiger partial charge in [-0.25, -0.2) is 4.79 Å². The van der Waals surface area contributed by atoms with E-state index in [-0.39, 0.29) is 18.0 Å². The molecule has 0 saturated carbocycles. The second-order valence-corrected chi connectivity index (χ2v) is 7.22. The maximum absolute atomic E-state index is 12.1. The molecule has 0 atom stereocenters. The molecule has 136 valence electrons. The number of hydrogen-bond donors (Lipinski definition) is 0. The lowest BCUT2D eigenvalue weighted by molar-refractivity contribution is 0.0126. The van der Waals surface area contributed by atoms with Crippen molar-refractivity contribution >= 4 is 11.9 Å². The molecule has 0 spiro atoms. The van der Waals surface area contributed by atoms with Crippen molar-refractivity contribution in [1.29, 1.82) is 0 Å². The lowest BCUT2D eigenvalue weighted by Gasteiger charge is -2.33. The largest absolute Gasteiger partial charge is 0.490 e. The molecule has 2 rings (SSSR count). The Morgan fingerprint density at radius 1 is 1.20 bits per heavy atom. The molecule has 5 heteroatoms. The van der Waals surface area contributed by atoms with Gasteiger partial charge in [0.1, 0.15) is 17.5 Å². The minimum absolute atomic E-state index is 0.0484. The maximum Gasteiger partial charge on any atom is 0.410 e. The van der Waals surface area contributed by atoms with Crippen LogP contribution in [0.5, 0.6) is 5.75 Å². The zero-order valence-corrected chi connectivity index (χ0v) is 15.3. The molecule has 1 aliphatic heterocycles. The lowest BCUT2D eigenvalue weighted by Crippen LogP contribution is -2.44. The van der Waals surface area contributed by atoms with E-state index in [2.05, 4.69) is 6.58 Å². The smallest absolute Gasteiger partial charge is 0.410 e. The number of nitrogens with zero attached hydrogens (tertiary/aromatic N) is 1. The number of benzene rings is 1. The number of carbonyl (C=O) groups is 2. The molecular weight excluding hydrogens is 318 g/mol. The molecule has 1 aromatic rings. The van der Waals surface area contributed by atoms with E-state index in [0.29, 0.717) is 25.1 Å². The van der Waals surface area contributed by atoms with E-state index < -0.39 is 5.60 Å². The van der Waals surface area contributed by atoms with Crippen LogP contribution in [0.4, 0.5) is 4.79 Å². The first-order chi connectivity index (χ1) is 11.8. The molecule has 1 aromatic carbocycles. The SMILES string of the molecule is C=CCC(=O)c1ccc(OC2CCN(C(=O)OC(C)(C)C)CC2)cc1. The average Bonchev–Trinajstić information content (AvgIpc) is 2.55. The topological polar surface area (TPSA) is 55.8 Å². The minimum atomic E-state index is -0.477. The van der Waals surface area contributed by atoms with Gasteiger partial charge in [0.2, 0.25) is 0 Å². The van der Waals surface area contributed by atoms with Gasteiger partial charge in [0.25, 0.3) is 0 Å². The highest BCUT2D eigenvalue weighted by atomic mass is 16.6. The van der Waals surface area contributed by atoms with Crippen LogP contribution in [0.15, 0.2) is 36.9 Å². The van der Waals surface area contributed by atoms with E-state index in [9.17, 15) is 9.59 Å². The summed E-state index contributed by atoms with van der Waals surface area (Å²) in [5.41, 5.74) is 0.182. The Balaban J connectivity index is 1.83. The number of likely N-dealkylation sites (tertiary alicyclic amines) is 1. The number of piperidine rings is 1. The van der Waals surface area contributed by atoms with E-state index in [1.807, 2.05) is 32.9 Å². The standard InChI is InChI=1S/C20H27NO4/c1-5-6-18(22)15-7-9-16(10-8-15)24-17-11-13-21(14-12-17)19(23)25-20(2,3)4/h5,7-10,17H,1,6,11-14H2,2-4H3. The molecule has 1 amide bonds. The number of Topliss-reactive ketones (excluding diaryl/α,β-unsaturated/α-hetero) is 1. The van der Waals surface area contributed by atoms with Crippen LogP contribution >= 0.6 is 0 Å². The molecule has 0 unspecified atom stereocenters. The summed E-state index contributed by atoms with van der Waals surface area (Å²) in [7, 11) is 0. The molecule has 1 fully saturated rings. The Hall–Kier alpha value is -2.30. The van der Waals surface area contributed by atoms with Gasteiger partial charge in [-0.3, -0.25) is 4.79 Å². The quantitative estimate of drug-likeness (QED) is 0.592. The summed E-state index contributed by atoms with van der Waals surface area (Å²) >= 11 is 0. The number of allylic oxidation sites excluding steroid dienone is 1. The van der Waals surface area contributed by atoms with Crippen LogP contribution in [0.1, 0.15) is 50.4 Å². The first-order valence-electron chi connectivity index (χ1n) is 8.67. The van der Waals surface area contributed by atoms with Gasteiger partial charge in [-0.05, 0) is 45.0 Å². The number of rotatable bonds is 5. The highest BCUT2D eigenvalue weighted by molar-refractivity contribution is 5.97. The van der Waals surface area contributed by atoms with Crippen LogP contribution in [0.2, 0.25) is 0 Å². The Kier molecular flexibility index (Phi) is 6.23. The molecule has 0 aromatic heterocycles. The van der Waals surface area contributed by atoms with Gasteiger partial charge in [0, 0.05) is 37.9 Å². The summed E-state index contributed by atoms with van der Waals surface area (Å²) in [5, 5.41) is 0. The van der Waals surface area contributed by atoms with E-state index in [1.54, 1.807) is 23.1 Å². The average molecular weight is 345 g/mol. The van der Waals surface area contributed by atoms with Crippen LogP contribution in [0.3, 0.4) is 0 Å². The lowest BCUT2D eigenvalue weighted by atomic mass is 10.1. The van der Waals surface area contributed by atoms with Gasteiger partial charge >= 0.3 is 6.09 Å². The second-order valence-electron chi connectivity index (χ2n) is 7.22. The molecule has 5 nitrogen and oxygen atoms in total. The first kappa shape index (κ1) is 19.0. The number of ketones is 1. The normalized spacial score (nSPS) is 15.6. The summed E-state index contributed by atoms with van der Waals surface area (Å²) in [6.45, 7) is 10.4. The van der Waals surface area contributed by atoms with Crippen LogP contribution in [-0.2, 0) is 4.74 Å². The van der Waals surface area contributed by atoms with E-state index in [1.165, 1.54) is 0 Å². The maximum atomic E-state index is 12.1. The Labute approximate surface area is 149 Å². The highest BCUT2D eigenvalue weighted by Crippen LogP contribution is 2.21. The predicted octanol–water partition coefficient (Wildman–Crippen LogP) is 4.22. The van der Waals surface area contributed by atoms with E-state index in [0.717, 1.165) is 18.6 Å². The van der Waals surface area contributed by atoms with Gasteiger partial charge in [-0.2, -0.15) is 0 Å². The third-order valence-corrected chi connectivity index (χ3v) is 3.90. The van der Waals surface area contributed by atoms with Crippen molar-refractivity contribution in [3.05, 3.63) is 42.5 Å². The number of carbonyl (C=O) groups excluding carboxylic acids is 2. The zero-order chi connectivity index (χ0) is 18.4. The van der Waals surface area contributed by atoms with Crippen molar-refractivity contribution in [2.45, 2.75) is 51.7 Å². The first-order valence-corrected chi connectivity index (χ1v) is 8.67. The van der Waals surface area contributed by atoms with Gasteiger partial charge in [0.15, 0.2) is 5.78 Å². The van der Waals surface area contributed by atoms with Gasteiger partial charge in [0.05, 0.1) is 0 Å². The predicted molar refractivity (Wildman–Crippen MR) is 97.0 cm³/mol. The van der Waals surface area contributed by atoms with Crippen LogP contribution in [0.25, 0.3) is 0 Å². The molecule has 25 heavy (non-hydrogen) atoms. The zero-order valence-electron chi connectivity index (χ0n) is 15.3. The summed E-state index contributed by atoms with van der Waals surface area (Å²) in [6, 6.07) is 7.18. The molecule has 1 saturated heterocycles. The number of amides is 1. The molecule has 0 N–H and O–H groups in total. The van der Waals surface area contributed by atoms with Crippen molar-refractivity contribution in [2.75, 3.05) is 13.1 Å². The van der Waals surface area contributed by atoms with Gasteiger partial charge < -0.3 is 14.4 Å². The van der Waals surface area contributed by atoms with Crippen molar-refractivity contribution in [1.82, 2.24) is 4.90 Å². The molecule has 0 radical (unpaired) electrons. The van der Waals surface area contributed by atoms with Crippen LogP contribution in [0, 0.1) is 0 Å². The van der Waals surface area contributed by atoms with Crippen molar-refractivity contribution < 1.29 is 19.1 Å². The molecule has 1 aliphatic rings. The Morgan fingerprint density at radius 2 is 1.80 bits per heavy atom. The molecule has 0 bridgehead atoms. The highest BCUT2D eigenvalue weighted by Gasteiger charge is 2.27. The Bertz CT molecular complexity index is 608. The fourth-order valence-corrected chi connectivity index (χ4v) is 2.64. The summed E-state index contributed by atoms with van der Waals surface area (Å²) in [5.74, 6) is 0.790. The van der Waals surface area contributed by atoms with Crippen molar-refractivity contribution in [2.24, 2.45) is 0 Å². The van der Waals surface area contributed by atoms with Gasteiger partial charge in [-0.1, -0.05) is 6.08 Å². The summed E-state index contributed by atoms with van der Waals surface area (Å²) < 4.78 is 11.4. The van der Waals surface area contributed by atoms with E-state index >= 15 is 0 Å².